The Hall–Kier alpha value is -1.91. The van der Waals surface area contributed by atoms with Crippen LogP contribution in [0.4, 0.5) is 0 Å². The molecule has 4 nitrogen and oxygen atoms in total. The molecule has 1 heterocycles. The average molecular weight is 258 g/mol. The largest absolute Gasteiger partial charge is 0.455 e. The molecule has 0 aliphatic heterocycles. The van der Waals surface area contributed by atoms with Crippen LogP contribution in [0, 0.1) is 0 Å². The van der Waals surface area contributed by atoms with Gasteiger partial charge in [0.15, 0.2) is 0 Å². The molecule has 0 unspecified atom stereocenters. The zero-order valence-electron chi connectivity index (χ0n) is 11.0. The lowest BCUT2D eigenvalue weighted by atomic mass is 10.1. The van der Waals surface area contributed by atoms with Gasteiger partial charge in [-0.1, -0.05) is 12.1 Å². The third kappa shape index (κ3) is 3.77. The molecule has 2 rings (SSSR count). The summed E-state index contributed by atoms with van der Waals surface area (Å²) in [6, 6.07) is 9.82. The topological polar surface area (TPSA) is 57.4 Å². The van der Waals surface area contributed by atoms with Crippen LogP contribution in [0.1, 0.15) is 11.1 Å². The molecular formula is C15H18N2O2. The predicted molar refractivity (Wildman–Crippen MR) is 74.2 cm³/mol. The van der Waals surface area contributed by atoms with Crippen molar-refractivity contribution in [1.82, 2.24) is 4.98 Å². The second kappa shape index (κ2) is 6.87. The number of methoxy groups -OCH3 is 1. The van der Waals surface area contributed by atoms with Crippen LogP contribution >= 0.6 is 0 Å². The zero-order chi connectivity index (χ0) is 13.5. The summed E-state index contributed by atoms with van der Waals surface area (Å²) < 4.78 is 10.8. The van der Waals surface area contributed by atoms with E-state index in [0.29, 0.717) is 12.3 Å². The number of pyridine rings is 1. The van der Waals surface area contributed by atoms with Gasteiger partial charge in [-0.15, -0.1) is 0 Å². The van der Waals surface area contributed by atoms with E-state index in [1.165, 1.54) is 5.56 Å². The van der Waals surface area contributed by atoms with E-state index in [9.17, 15) is 0 Å². The van der Waals surface area contributed by atoms with Crippen LogP contribution in [-0.4, -0.2) is 18.7 Å². The van der Waals surface area contributed by atoms with Gasteiger partial charge in [0.25, 0.3) is 0 Å². The normalized spacial score (nSPS) is 10.4. The quantitative estimate of drug-likeness (QED) is 0.865. The minimum Gasteiger partial charge on any atom is -0.455 e. The fraction of sp³-hybridized carbons (Fsp3) is 0.267. The third-order valence-electron chi connectivity index (χ3n) is 2.84. The maximum absolute atomic E-state index is 5.79. The number of nitrogens with two attached hydrogens (primary N) is 1. The maximum atomic E-state index is 5.79. The van der Waals surface area contributed by atoms with Crippen molar-refractivity contribution in [3.63, 3.8) is 0 Å². The van der Waals surface area contributed by atoms with Crippen molar-refractivity contribution in [2.45, 2.75) is 13.0 Å². The molecule has 2 N–H and O–H groups in total. The summed E-state index contributed by atoms with van der Waals surface area (Å²) in [4.78, 5) is 4.05. The van der Waals surface area contributed by atoms with Gasteiger partial charge in [0.1, 0.15) is 11.5 Å². The molecular weight excluding hydrogens is 240 g/mol. The van der Waals surface area contributed by atoms with E-state index in [1.807, 2.05) is 30.3 Å². The summed E-state index contributed by atoms with van der Waals surface area (Å²) in [6.07, 6.45) is 4.29. The summed E-state index contributed by atoms with van der Waals surface area (Å²) in [5, 5.41) is 0. The van der Waals surface area contributed by atoms with Crippen LogP contribution in [0.15, 0.2) is 42.7 Å². The molecule has 0 aliphatic rings. The van der Waals surface area contributed by atoms with Crippen LogP contribution in [0.5, 0.6) is 11.5 Å². The molecule has 0 aliphatic carbocycles. The highest BCUT2D eigenvalue weighted by Gasteiger charge is 2.03. The Balaban J connectivity index is 2.06. The Morgan fingerprint density at radius 3 is 2.63 bits per heavy atom. The molecule has 0 atom stereocenters. The molecule has 0 radical (unpaired) electrons. The van der Waals surface area contributed by atoms with Crippen LogP contribution < -0.4 is 10.5 Å². The Morgan fingerprint density at radius 2 is 1.95 bits per heavy atom. The summed E-state index contributed by atoms with van der Waals surface area (Å²) in [5.41, 5.74) is 7.83. The van der Waals surface area contributed by atoms with E-state index < -0.39 is 0 Å². The van der Waals surface area contributed by atoms with E-state index in [0.717, 1.165) is 24.3 Å². The lowest BCUT2D eigenvalue weighted by Gasteiger charge is -2.09. The smallest absolute Gasteiger partial charge is 0.150 e. The van der Waals surface area contributed by atoms with Gasteiger partial charge >= 0.3 is 0 Å². The number of nitrogens with zero attached hydrogens (tertiary/aromatic N) is 1. The number of hydrogen-bond acceptors (Lipinski definition) is 4. The van der Waals surface area contributed by atoms with Gasteiger partial charge < -0.3 is 15.2 Å². The Bertz CT molecular complexity index is 512. The maximum Gasteiger partial charge on any atom is 0.150 e. The van der Waals surface area contributed by atoms with Crippen LogP contribution in [0.2, 0.25) is 0 Å². The summed E-state index contributed by atoms with van der Waals surface area (Å²) >= 11 is 0. The SMILES string of the molecule is COCCc1ccc(Oc2cnccc2CN)cc1. The zero-order valence-corrected chi connectivity index (χ0v) is 11.0. The summed E-state index contributed by atoms with van der Waals surface area (Å²) in [6.45, 7) is 1.16. The first kappa shape index (κ1) is 13.5. The number of rotatable bonds is 6. The molecule has 100 valence electrons. The molecule has 0 spiro atoms. The van der Waals surface area contributed by atoms with Gasteiger partial charge in [0.2, 0.25) is 0 Å². The first-order valence-electron chi connectivity index (χ1n) is 6.22. The molecule has 1 aromatic carbocycles. The average Bonchev–Trinajstić information content (AvgIpc) is 2.47. The van der Waals surface area contributed by atoms with E-state index in [4.69, 9.17) is 15.2 Å². The monoisotopic (exact) mass is 258 g/mol. The Labute approximate surface area is 113 Å². The third-order valence-corrected chi connectivity index (χ3v) is 2.84. The van der Waals surface area contributed by atoms with E-state index >= 15 is 0 Å². The minimum atomic E-state index is 0.434. The van der Waals surface area contributed by atoms with Gasteiger partial charge in [-0.25, -0.2) is 0 Å². The molecule has 19 heavy (non-hydrogen) atoms. The van der Waals surface area contributed by atoms with Crippen LogP contribution in [0.25, 0.3) is 0 Å². The molecule has 1 aromatic heterocycles. The molecule has 0 saturated heterocycles. The van der Waals surface area contributed by atoms with Crippen molar-refractivity contribution in [2.24, 2.45) is 5.73 Å². The van der Waals surface area contributed by atoms with Crippen molar-refractivity contribution in [1.29, 1.82) is 0 Å². The standard InChI is InChI=1S/C15H18N2O2/c1-18-9-7-12-2-4-14(5-3-12)19-15-11-17-8-6-13(15)10-16/h2-6,8,11H,7,9-10,16H2,1H3. The number of benzene rings is 1. The second-order valence-corrected chi connectivity index (χ2v) is 4.18. The van der Waals surface area contributed by atoms with Crippen molar-refractivity contribution in [3.8, 4) is 11.5 Å². The van der Waals surface area contributed by atoms with Crippen molar-refractivity contribution in [3.05, 3.63) is 53.9 Å². The Morgan fingerprint density at radius 1 is 1.16 bits per heavy atom. The Kier molecular flexibility index (Phi) is 4.89. The van der Waals surface area contributed by atoms with E-state index in [1.54, 1.807) is 19.5 Å². The number of hydrogen-bond donors (Lipinski definition) is 1. The molecule has 0 amide bonds. The second-order valence-electron chi connectivity index (χ2n) is 4.18. The highest BCUT2D eigenvalue weighted by atomic mass is 16.5. The van der Waals surface area contributed by atoms with E-state index in [-0.39, 0.29) is 0 Å². The van der Waals surface area contributed by atoms with Crippen LogP contribution in [0.3, 0.4) is 0 Å². The van der Waals surface area contributed by atoms with E-state index in [2.05, 4.69) is 4.98 Å². The molecule has 0 saturated carbocycles. The molecule has 2 aromatic rings. The van der Waals surface area contributed by atoms with Crippen molar-refractivity contribution in [2.75, 3.05) is 13.7 Å². The number of aromatic nitrogens is 1. The van der Waals surface area contributed by atoms with Crippen LogP contribution in [-0.2, 0) is 17.7 Å². The van der Waals surface area contributed by atoms with Crippen molar-refractivity contribution < 1.29 is 9.47 Å². The molecule has 0 bridgehead atoms. The molecule has 0 fully saturated rings. The van der Waals surface area contributed by atoms with Crippen molar-refractivity contribution >= 4 is 0 Å². The van der Waals surface area contributed by atoms with Gasteiger partial charge in [-0.2, -0.15) is 0 Å². The minimum absolute atomic E-state index is 0.434. The van der Waals surface area contributed by atoms with Gasteiger partial charge in [-0.05, 0) is 30.2 Å². The first-order chi connectivity index (χ1) is 9.33. The lowest BCUT2D eigenvalue weighted by molar-refractivity contribution is 0.202. The predicted octanol–water partition coefficient (Wildman–Crippen LogP) is 2.52. The number of ether oxygens (including phenoxy) is 2. The fourth-order valence-electron chi connectivity index (χ4n) is 1.74. The highest BCUT2D eigenvalue weighted by Crippen LogP contribution is 2.24. The summed E-state index contributed by atoms with van der Waals surface area (Å²) in [5.74, 6) is 1.48. The summed E-state index contributed by atoms with van der Waals surface area (Å²) in [7, 11) is 1.70. The lowest BCUT2D eigenvalue weighted by Crippen LogP contribution is -2.00. The van der Waals surface area contributed by atoms with Gasteiger partial charge in [-0.3, -0.25) is 4.98 Å². The van der Waals surface area contributed by atoms with Gasteiger partial charge in [0.05, 0.1) is 12.8 Å². The first-order valence-corrected chi connectivity index (χ1v) is 6.22. The highest BCUT2D eigenvalue weighted by molar-refractivity contribution is 5.36. The molecule has 4 heteroatoms. The fourth-order valence-corrected chi connectivity index (χ4v) is 1.74. The van der Waals surface area contributed by atoms with Gasteiger partial charge in [0, 0.05) is 25.4 Å².